The van der Waals surface area contributed by atoms with Gasteiger partial charge in [-0.3, -0.25) is 4.79 Å². The average molecular weight is 240 g/mol. The maximum atomic E-state index is 12.3. The Morgan fingerprint density at radius 2 is 1.88 bits per heavy atom. The smallest absolute Gasteiger partial charge is 0.242 e. The summed E-state index contributed by atoms with van der Waals surface area (Å²) in [6.45, 7) is 2.99. The number of carbonyl (C=O) groups is 1. The van der Waals surface area contributed by atoms with Gasteiger partial charge in [-0.2, -0.15) is 0 Å². The van der Waals surface area contributed by atoms with E-state index in [4.69, 9.17) is 5.73 Å². The molecule has 2 rings (SSSR count). The third kappa shape index (κ3) is 2.47. The number of nitrogens with zero attached hydrogens (tertiary/aromatic N) is 1. The van der Waals surface area contributed by atoms with Gasteiger partial charge in [0.05, 0.1) is 24.2 Å². The molecule has 2 aliphatic rings. The lowest BCUT2D eigenvalue weighted by Crippen LogP contribution is -2.69. The molecule has 0 aromatic rings. The minimum absolute atomic E-state index is 0.0537. The van der Waals surface area contributed by atoms with Crippen molar-refractivity contribution in [1.82, 2.24) is 4.90 Å². The second kappa shape index (κ2) is 4.58. The van der Waals surface area contributed by atoms with Crippen molar-refractivity contribution in [3.63, 3.8) is 0 Å². The van der Waals surface area contributed by atoms with Crippen molar-refractivity contribution < 1.29 is 9.90 Å². The fourth-order valence-corrected chi connectivity index (χ4v) is 3.14. The highest BCUT2D eigenvalue weighted by Crippen LogP contribution is 2.32. The van der Waals surface area contributed by atoms with Crippen LogP contribution in [0.25, 0.3) is 0 Å². The number of hydrogen-bond acceptors (Lipinski definition) is 3. The summed E-state index contributed by atoms with van der Waals surface area (Å²) in [5.41, 5.74) is 4.91. The van der Waals surface area contributed by atoms with Gasteiger partial charge in [-0.1, -0.05) is 32.6 Å². The monoisotopic (exact) mass is 240 g/mol. The lowest BCUT2D eigenvalue weighted by Gasteiger charge is -2.50. The molecule has 4 heteroatoms. The Balaban J connectivity index is 1.90. The molecule has 0 unspecified atom stereocenters. The van der Waals surface area contributed by atoms with Crippen LogP contribution < -0.4 is 5.73 Å². The van der Waals surface area contributed by atoms with Crippen molar-refractivity contribution in [2.24, 2.45) is 5.73 Å². The lowest BCUT2D eigenvalue weighted by atomic mass is 9.79. The normalized spacial score (nSPS) is 26.4. The van der Waals surface area contributed by atoms with Crippen LogP contribution in [0.2, 0.25) is 0 Å². The van der Waals surface area contributed by atoms with Crippen LogP contribution in [-0.4, -0.2) is 40.1 Å². The van der Waals surface area contributed by atoms with Crippen LogP contribution in [0.3, 0.4) is 0 Å². The van der Waals surface area contributed by atoms with Crippen LogP contribution in [-0.2, 0) is 4.79 Å². The molecule has 1 aliphatic carbocycles. The zero-order chi connectivity index (χ0) is 12.5. The van der Waals surface area contributed by atoms with Gasteiger partial charge in [0.25, 0.3) is 0 Å². The van der Waals surface area contributed by atoms with Crippen LogP contribution in [0.5, 0.6) is 0 Å². The maximum absolute atomic E-state index is 12.3. The Labute approximate surface area is 103 Å². The topological polar surface area (TPSA) is 66.6 Å². The van der Waals surface area contributed by atoms with Gasteiger partial charge >= 0.3 is 0 Å². The van der Waals surface area contributed by atoms with Crippen molar-refractivity contribution in [3.8, 4) is 0 Å². The zero-order valence-corrected chi connectivity index (χ0v) is 10.7. The molecule has 0 aromatic heterocycles. The second-order valence-corrected chi connectivity index (χ2v) is 5.85. The number of nitrogens with two attached hydrogens (primary N) is 1. The first-order valence-electron chi connectivity index (χ1n) is 6.80. The zero-order valence-electron chi connectivity index (χ0n) is 10.7. The van der Waals surface area contributed by atoms with E-state index in [1.165, 1.54) is 6.42 Å². The van der Waals surface area contributed by atoms with Gasteiger partial charge in [-0.25, -0.2) is 0 Å². The molecule has 2 fully saturated rings. The number of rotatable bonds is 3. The molecule has 1 heterocycles. The van der Waals surface area contributed by atoms with E-state index in [2.05, 4.69) is 0 Å². The summed E-state index contributed by atoms with van der Waals surface area (Å²) in [7, 11) is 0. The molecule has 0 aromatic carbocycles. The summed E-state index contributed by atoms with van der Waals surface area (Å²) in [5.74, 6) is 0.0537. The van der Waals surface area contributed by atoms with Crippen molar-refractivity contribution in [2.75, 3.05) is 13.1 Å². The van der Waals surface area contributed by atoms with Crippen molar-refractivity contribution in [2.45, 2.75) is 63.0 Å². The first-order valence-corrected chi connectivity index (χ1v) is 6.80. The maximum Gasteiger partial charge on any atom is 0.242 e. The Morgan fingerprint density at radius 3 is 2.41 bits per heavy atom. The molecule has 1 amide bonds. The predicted octanol–water partition coefficient (Wildman–Crippen LogP) is 1.02. The van der Waals surface area contributed by atoms with E-state index < -0.39 is 11.1 Å². The molecule has 1 aliphatic heterocycles. The highest BCUT2D eigenvalue weighted by molar-refractivity contribution is 5.87. The lowest BCUT2D eigenvalue weighted by molar-refractivity contribution is -0.163. The molecule has 1 saturated heterocycles. The van der Waals surface area contributed by atoms with Gasteiger partial charge in [0.15, 0.2) is 0 Å². The molecule has 0 bridgehead atoms. The number of β-amino-alcohol motifs (C(OH)–C–C–N with tert-alkyl or cyclic N) is 1. The Morgan fingerprint density at radius 1 is 1.29 bits per heavy atom. The minimum atomic E-state index is -0.647. The Bertz CT molecular complexity index is 292. The number of likely N-dealkylation sites (tertiary alicyclic amines) is 1. The summed E-state index contributed by atoms with van der Waals surface area (Å²) in [6.07, 6.45) is 6.61. The fourth-order valence-electron chi connectivity index (χ4n) is 3.14. The standard InChI is InChI=1S/C13H24N2O2/c1-2-6-12(17)9-15(10-12)11(16)13(14)7-4-3-5-8-13/h17H,2-10,14H2,1H3. The molecule has 0 spiro atoms. The van der Waals surface area contributed by atoms with Crippen molar-refractivity contribution in [3.05, 3.63) is 0 Å². The summed E-state index contributed by atoms with van der Waals surface area (Å²) in [6, 6.07) is 0. The third-order valence-electron chi connectivity index (χ3n) is 4.14. The fraction of sp³-hybridized carbons (Fsp3) is 0.923. The van der Waals surface area contributed by atoms with Crippen molar-refractivity contribution in [1.29, 1.82) is 0 Å². The van der Waals surface area contributed by atoms with Gasteiger partial charge in [0.1, 0.15) is 0 Å². The first kappa shape index (κ1) is 12.8. The van der Waals surface area contributed by atoms with Crippen molar-refractivity contribution >= 4 is 5.91 Å². The first-order chi connectivity index (χ1) is 7.99. The van der Waals surface area contributed by atoms with Gasteiger partial charge in [0.2, 0.25) is 5.91 Å². The second-order valence-electron chi connectivity index (χ2n) is 5.85. The van der Waals surface area contributed by atoms with Gasteiger partial charge in [-0.15, -0.1) is 0 Å². The molecule has 4 nitrogen and oxygen atoms in total. The van der Waals surface area contributed by atoms with Crippen LogP contribution in [0.1, 0.15) is 51.9 Å². The molecule has 98 valence electrons. The Hall–Kier alpha value is -0.610. The highest BCUT2D eigenvalue weighted by Gasteiger charge is 2.48. The molecule has 0 radical (unpaired) electrons. The number of aliphatic hydroxyl groups is 1. The summed E-state index contributed by atoms with van der Waals surface area (Å²) in [4.78, 5) is 14.0. The van der Waals surface area contributed by atoms with Gasteiger partial charge in [-0.05, 0) is 19.3 Å². The van der Waals surface area contributed by atoms with Crippen LogP contribution >= 0.6 is 0 Å². The van der Waals surface area contributed by atoms with Crippen LogP contribution in [0.4, 0.5) is 0 Å². The molecule has 0 atom stereocenters. The van der Waals surface area contributed by atoms with Gasteiger partial charge in [0, 0.05) is 0 Å². The molecular formula is C13H24N2O2. The molecule has 17 heavy (non-hydrogen) atoms. The van der Waals surface area contributed by atoms with Crippen LogP contribution in [0.15, 0.2) is 0 Å². The predicted molar refractivity (Wildman–Crippen MR) is 66.4 cm³/mol. The largest absolute Gasteiger partial charge is 0.386 e. The summed E-state index contributed by atoms with van der Waals surface area (Å²) in [5, 5.41) is 10.1. The minimum Gasteiger partial charge on any atom is -0.386 e. The molecule has 3 N–H and O–H groups in total. The average Bonchev–Trinajstić information content (AvgIpc) is 2.26. The van der Waals surface area contributed by atoms with E-state index in [9.17, 15) is 9.90 Å². The summed E-state index contributed by atoms with van der Waals surface area (Å²) >= 11 is 0. The Kier molecular flexibility index (Phi) is 3.46. The van der Waals surface area contributed by atoms with E-state index >= 15 is 0 Å². The number of amides is 1. The van der Waals surface area contributed by atoms with E-state index in [1.807, 2.05) is 6.92 Å². The number of hydrogen-bond donors (Lipinski definition) is 2. The number of carbonyl (C=O) groups excluding carboxylic acids is 1. The highest BCUT2D eigenvalue weighted by atomic mass is 16.3. The molecular weight excluding hydrogens is 216 g/mol. The van der Waals surface area contributed by atoms with E-state index in [0.717, 1.165) is 38.5 Å². The molecule has 1 saturated carbocycles. The van der Waals surface area contributed by atoms with E-state index in [-0.39, 0.29) is 5.91 Å². The SMILES string of the molecule is CCCC1(O)CN(C(=O)C2(N)CCCCC2)C1. The van der Waals surface area contributed by atoms with Crippen LogP contribution in [0, 0.1) is 0 Å². The quantitative estimate of drug-likeness (QED) is 0.774. The van der Waals surface area contributed by atoms with E-state index in [0.29, 0.717) is 13.1 Å². The third-order valence-corrected chi connectivity index (χ3v) is 4.14. The van der Waals surface area contributed by atoms with E-state index in [1.54, 1.807) is 4.90 Å². The summed E-state index contributed by atoms with van der Waals surface area (Å²) < 4.78 is 0. The van der Waals surface area contributed by atoms with Gasteiger partial charge < -0.3 is 15.7 Å².